The van der Waals surface area contributed by atoms with Crippen molar-refractivity contribution in [2.24, 2.45) is 0 Å². The predicted octanol–water partition coefficient (Wildman–Crippen LogP) is 7.22. The molecule has 1 aliphatic rings. The Balaban J connectivity index is 1.78. The molecule has 0 aromatic heterocycles. The van der Waals surface area contributed by atoms with Crippen molar-refractivity contribution in [1.82, 2.24) is 10.6 Å². The Kier molecular flexibility index (Phi) is 20.9. The fourth-order valence-corrected chi connectivity index (χ4v) is 4.37. The highest BCUT2D eigenvalue weighted by Crippen LogP contribution is 2.14. The number of unbranched alkanes of at least 4 members (excludes halogenated alkanes) is 12. The number of carbonyl (C=O) groups is 2. The van der Waals surface area contributed by atoms with Gasteiger partial charge in [0.25, 0.3) is 0 Å². The number of thiol groups is 1. The predicted molar refractivity (Wildman–Crippen MR) is 149 cm³/mol. The Morgan fingerprint density at radius 2 is 1.24 bits per heavy atom. The summed E-state index contributed by atoms with van der Waals surface area (Å²) >= 11 is 4.25. The summed E-state index contributed by atoms with van der Waals surface area (Å²) in [5, 5.41) is 5.95. The average Bonchev–Trinajstić information content (AvgIpc) is 3.34. The average molecular weight is 491 g/mol. The van der Waals surface area contributed by atoms with E-state index in [9.17, 15) is 9.59 Å². The van der Waals surface area contributed by atoms with Gasteiger partial charge >= 0.3 is 0 Å². The minimum Gasteiger partial charge on any atom is -0.356 e. The van der Waals surface area contributed by atoms with Crippen molar-refractivity contribution in [2.45, 2.75) is 116 Å². The summed E-state index contributed by atoms with van der Waals surface area (Å²) < 4.78 is 0. The van der Waals surface area contributed by atoms with Crippen molar-refractivity contribution in [3.05, 3.63) is 36.0 Å². The smallest absolute Gasteiger partial charge is 0.224 e. The van der Waals surface area contributed by atoms with Gasteiger partial charge in [-0.25, -0.2) is 0 Å². The van der Waals surface area contributed by atoms with E-state index in [1.807, 2.05) is 12.2 Å². The largest absolute Gasteiger partial charge is 0.356 e. The fourth-order valence-electron chi connectivity index (χ4n) is 4.15. The molecule has 1 rings (SSSR count). The molecular formula is C29H50N2O2S. The first-order valence-corrected chi connectivity index (χ1v) is 14.5. The van der Waals surface area contributed by atoms with E-state index in [0.29, 0.717) is 25.9 Å². The van der Waals surface area contributed by atoms with E-state index >= 15 is 0 Å². The number of hydrogen-bond acceptors (Lipinski definition) is 3. The highest BCUT2D eigenvalue weighted by molar-refractivity contribution is 7.80. The van der Waals surface area contributed by atoms with Crippen molar-refractivity contribution in [1.29, 1.82) is 0 Å². The number of hydrogen-bond donors (Lipinski definition) is 3. The van der Waals surface area contributed by atoms with Crippen molar-refractivity contribution in [3.63, 3.8) is 0 Å². The van der Waals surface area contributed by atoms with Crippen LogP contribution in [0.3, 0.4) is 0 Å². The molecule has 1 aliphatic carbocycles. The molecule has 4 nitrogen and oxygen atoms in total. The summed E-state index contributed by atoms with van der Waals surface area (Å²) in [5.41, 5.74) is 1.18. The molecule has 2 N–H and O–H groups in total. The normalized spacial score (nSPS) is 12.9. The molecule has 0 aromatic rings. The molecule has 2 amide bonds. The lowest BCUT2D eigenvalue weighted by molar-refractivity contribution is -0.121. The van der Waals surface area contributed by atoms with Gasteiger partial charge in [-0.15, -0.1) is 0 Å². The van der Waals surface area contributed by atoms with Crippen molar-refractivity contribution in [2.75, 3.05) is 18.8 Å². The van der Waals surface area contributed by atoms with Crippen LogP contribution in [-0.4, -0.2) is 30.7 Å². The quantitative estimate of drug-likeness (QED) is 0.0804. The van der Waals surface area contributed by atoms with E-state index in [1.54, 1.807) is 0 Å². The van der Waals surface area contributed by atoms with Crippen LogP contribution < -0.4 is 10.6 Å². The van der Waals surface area contributed by atoms with Crippen molar-refractivity contribution >= 4 is 24.4 Å². The molecule has 0 saturated heterocycles. The van der Waals surface area contributed by atoms with Crippen molar-refractivity contribution in [3.8, 4) is 0 Å². The molecule has 0 unspecified atom stereocenters. The third kappa shape index (κ3) is 19.9. The number of rotatable bonds is 23. The molecule has 34 heavy (non-hydrogen) atoms. The molecule has 0 aliphatic heterocycles. The van der Waals surface area contributed by atoms with Crippen molar-refractivity contribution < 1.29 is 9.59 Å². The van der Waals surface area contributed by atoms with Gasteiger partial charge in [-0.05, 0) is 37.9 Å². The second-order valence-corrected chi connectivity index (χ2v) is 9.90. The van der Waals surface area contributed by atoms with Crippen LogP contribution >= 0.6 is 12.6 Å². The molecular weight excluding hydrogens is 440 g/mol. The van der Waals surface area contributed by atoms with Crippen LogP contribution in [0.2, 0.25) is 0 Å². The zero-order valence-corrected chi connectivity index (χ0v) is 22.4. The molecule has 5 heteroatoms. The van der Waals surface area contributed by atoms with Gasteiger partial charge in [0.2, 0.25) is 11.8 Å². The molecule has 0 saturated carbocycles. The van der Waals surface area contributed by atoms with Gasteiger partial charge in [0, 0.05) is 25.9 Å². The Hall–Kier alpha value is -1.49. The van der Waals surface area contributed by atoms with Crippen LogP contribution in [-0.2, 0) is 9.59 Å². The highest BCUT2D eigenvalue weighted by Gasteiger charge is 2.05. The SMILES string of the molecule is O=C(CCCCCCCCCCCCCCCS)NCC/C=C/CCNC(=O)CC1=CC=CC1. The Bertz CT molecular complexity index is 613. The Morgan fingerprint density at radius 1 is 0.735 bits per heavy atom. The summed E-state index contributed by atoms with van der Waals surface area (Å²) in [6.45, 7) is 1.36. The lowest BCUT2D eigenvalue weighted by atomic mass is 10.0. The molecule has 0 bridgehead atoms. The molecule has 0 atom stereocenters. The number of nitrogens with one attached hydrogen (secondary N) is 2. The maximum Gasteiger partial charge on any atom is 0.224 e. The Labute approximate surface area is 214 Å². The van der Waals surface area contributed by atoms with E-state index < -0.39 is 0 Å². The second kappa shape index (κ2) is 23.3. The summed E-state index contributed by atoms with van der Waals surface area (Å²) in [5.74, 6) is 1.30. The lowest BCUT2D eigenvalue weighted by Gasteiger charge is -2.05. The number of amides is 2. The monoisotopic (exact) mass is 490 g/mol. The minimum atomic E-state index is 0.0946. The van der Waals surface area contributed by atoms with E-state index in [1.165, 1.54) is 76.2 Å². The number of carbonyl (C=O) groups excluding carboxylic acids is 2. The van der Waals surface area contributed by atoms with E-state index in [0.717, 1.165) is 37.9 Å². The van der Waals surface area contributed by atoms with E-state index in [2.05, 4.69) is 41.5 Å². The summed E-state index contributed by atoms with van der Waals surface area (Å²) in [6, 6.07) is 0. The molecule has 0 radical (unpaired) electrons. The second-order valence-electron chi connectivity index (χ2n) is 9.45. The van der Waals surface area contributed by atoms with Gasteiger partial charge in [0.15, 0.2) is 0 Å². The fraction of sp³-hybridized carbons (Fsp3) is 0.724. The topological polar surface area (TPSA) is 58.2 Å². The zero-order valence-electron chi connectivity index (χ0n) is 21.5. The Morgan fingerprint density at radius 3 is 1.74 bits per heavy atom. The molecule has 0 fully saturated rings. The third-order valence-electron chi connectivity index (χ3n) is 6.23. The molecule has 0 spiro atoms. The third-order valence-corrected chi connectivity index (χ3v) is 6.55. The van der Waals surface area contributed by atoms with E-state index in [4.69, 9.17) is 0 Å². The molecule has 0 aromatic carbocycles. The first-order valence-electron chi connectivity index (χ1n) is 13.9. The van der Waals surface area contributed by atoms with Crippen LogP contribution in [0.25, 0.3) is 0 Å². The van der Waals surface area contributed by atoms with Crippen LogP contribution in [0.1, 0.15) is 116 Å². The van der Waals surface area contributed by atoms with Gasteiger partial charge in [-0.3, -0.25) is 9.59 Å². The minimum absolute atomic E-state index is 0.0946. The highest BCUT2D eigenvalue weighted by atomic mass is 32.1. The van der Waals surface area contributed by atoms with Gasteiger partial charge in [-0.1, -0.05) is 107 Å². The first-order chi connectivity index (χ1) is 16.7. The molecule has 0 heterocycles. The van der Waals surface area contributed by atoms with E-state index in [-0.39, 0.29) is 11.8 Å². The summed E-state index contributed by atoms with van der Waals surface area (Å²) in [6.07, 6.45) is 31.0. The van der Waals surface area contributed by atoms with Gasteiger partial charge < -0.3 is 10.6 Å². The first kappa shape index (κ1) is 30.5. The standard InChI is InChI=1S/C29H50N2O2S/c32-28(22-14-10-8-6-4-2-1-3-5-7-9-13-19-25-34)30-23-17-11-12-18-24-31-29(33)26-27-20-15-16-21-27/h11-12,15-16,20,34H,1-10,13-14,17-19,21-26H2,(H,30,32)(H,31,33)/b12-11+. The zero-order chi connectivity index (χ0) is 24.5. The number of allylic oxidation sites excluding steroid dienone is 3. The lowest BCUT2D eigenvalue weighted by Crippen LogP contribution is -2.24. The van der Waals surface area contributed by atoms with Gasteiger partial charge in [-0.2, -0.15) is 12.6 Å². The maximum atomic E-state index is 11.9. The maximum absolute atomic E-state index is 11.9. The van der Waals surface area contributed by atoms with Crippen LogP contribution in [0.15, 0.2) is 36.0 Å². The summed E-state index contributed by atoms with van der Waals surface area (Å²) in [4.78, 5) is 23.7. The summed E-state index contributed by atoms with van der Waals surface area (Å²) in [7, 11) is 0. The van der Waals surface area contributed by atoms with Crippen LogP contribution in [0, 0.1) is 0 Å². The molecule has 194 valence electrons. The van der Waals surface area contributed by atoms with Gasteiger partial charge in [0.1, 0.15) is 0 Å². The van der Waals surface area contributed by atoms with Crippen LogP contribution in [0.4, 0.5) is 0 Å². The van der Waals surface area contributed by atoms with Crippen LogP contribution in [0.5, 0.6) is 0 Å². The van der Waals surface area contributed by atoms with Gasteiger partial charge in [0.05, 0.1) is 0 Å².